The number of amides is 1. The summed E-state index contributed by atoms with van der Waals surface area (Å²) in [6.45, 7) is 7.11. The maximum absolute atomic E-state index is 11.6. The number of halogens is 1. The average molecular weight is 518 g/mol. The normalized spacial score (nSPS) is 14.7. The number of nitrogens with one attached hydrogen (secondary N) is 3. The predicted molar refractivity (Wildman–Crippen MR) is 127 cm³/mol. The predicted octanol–water partition coefficient (Wildman–Crippen LogP) is 3.82. The van der Waals surface area contributed by atoms with E-state index >= 15 is 0 Å². The van der Waals surface area contributed by atoms with E-state index in [0.717, 1.165) is 24.2 Å². The van der Waals surface area contributed by atoms with Crippen molar-refractivity contribution in [2.45, 2.75) is 64.7 Å². The van der Waals surface area contributed by atoms with Crippen LogP contribution in [0.4, 0.5) is 4.79 Å². The molecule has 1 aromatic rings. The number of hydrogen-bond acceptors (Lipinski definition) is 4. The molecule has 0 atom stereocenters. The molecule has 29 heavy (non-hydrogen) atoms. The fourth-order valence-electron chi connectivity index (χ4n) is 3.01. The van der Waals surface area contributed by atoms with Gasteiger partial charge in [0, 0.05) is 32.2 Å². The lowest BCUT2D eigenvalue weighted by atomic mass is 10.2. The Hall–Kier alpha value is -1.71. The standard InChI is InChI=1S/C21H34N4O3.HI/c1-21(2,3)28-20(26)24-14-13-23-19(22-4)25-15-16-9-5-8-12-18(16)27-17-10-6-7-11-17;/h5,8-9,12,17H,6-7,10-11,13-15H2,1-4H3,(H,24,26)(H2,22,23,25);1H. The van der Waals surface area contributed by atoms with Crippen molar-refractivity contribution in [1.29, 1.82) is 0 Å². The summed E-state index contributed by atoms with van der Waals surface area (Å²) in [5.41, 5.74) is 0.604. The van der Waals surface area contributed by atoms with Crippen LogP contribution in [0.2, 0.25) is 0 Å². The molecule has 0 radical (unpaired) electrons. The molecule has 8 heteroatoms. The second-order valence-corrected chi connectivity index (χ2v) is 7.91. The SMILES string of the molecule is CN=C(NCCNC(=O)OC(C)(C)C)NCc1ccccc1OC1CCCC1.I. The molecule has 164 valence electrons. The minimum atomic E-state index is -0.497. The van der Waals surface area contributed by atoms with Gasteiger partial charge < -0.3 is 25.4 Å². The Labute approximate surface area is 191 Å². The molecule has 0 unspecified atom stereocenters. The molecule has 0 heterocycles. The first-order valence-electron chi connectivity index (χ1n) is 10.0. The van der Waals surface area contributed by atoms with E-state index in [9.17, 15) is 4.79 Å². The molecule has 1 aliphatic rings. The zero-order valence-corrected chi connectivity index (χ0v) is 20.2. The Balaban J connectivity index is 0.00000420. The number of aliphatic imine (C=N–C) groups is 1. The highest BCUT2D eigenvalue weighted by atomic mass is 127. The molecule has 0 aromatic heterocycles. The van der Waals surface area contributed by atoms with Gasteiger partial charge in [0.05, 0.1) is 6.10 Å². The Morgan fingerprint density at radius 3 is 2.41 bits per heavy atom. The van der Waals surface area contributed by atoms with Crippen LogP contribution in [-0.4, -0.2) is 43.9 Å². The van der Waals surface area contributed by atoms with E-state index in [1.54, 1.807) is 7.05 Å². The van der Waals surface area contributed by atoms with Crippen molar-refractivity contribution in [3.8, 4) is 5.75 Å². The van der Waals surface area contributed by atoms with Crippen LogP contribution in [0.3, 0.4) is 0 Å². The van der Waals surface area contributed by atoms with Gasteiger partial charge >= 0.3 is 6.09 Å². The summed E-state index contributed by atoms with van der Waals surface area (Å²) in [6, 6.07) is 8.10. The second kappa shape index (κ2) is 12.8. The van der Waals surface area contributed by atoms with E-state index in [0.29, 0.717) is 31.7 Å². The van der Waals surface area contributed by atoms with Crippen molar-refractivity contribution in [2.24, 2.45) is 4.99 Å². The lowest BCUT2D eigenvalue weighted by molar-refractivity contribution is 0.0529. The molecule has 1 aliphatic carbocycles. The molecule has 1 aromatic carbocycles. The van der Waals surface area contributed by atoms with Crippen LogP contribution in [0.15, 0.2) is 29.3 Å². The van der Waals surface area contributed by atoms with Crippen molar-refractivity contribution in [1.82, 2.24) is 16.0 Å². The summed E-state index contributed by atoms with van der Waals surface area (Å²) in [5.74, 6) is 1.60. The Morgan fingerprint density at radius 2 is 1.76 bits per heavy atom. The lowest BCUT2D eigenvalue weighted by Crippen LogP contribution is -2.42. The Morgan fingerprint density at radius 1 is 1.10 bits per heavy atom. The molecular formula is C21H35IN4O3. The smallest absolute Gasteiger partial charge is 0.407 e. The van der Waals surface area contributed by atoms with Gasteiger partial charge in [-0.2, -0.15) is 0 Å². The van der Waals surface area contributed by atoms with Gasteiger partial charge in [-0.25, -0.2) is 4.79 Å². The molecule has 1 amide bonds. The second-order valence-electron chi connectivity index (χ2n) is 7.91. The molecule has 1 fully saturated rings. The molecule has 0 spiro atoms. The summed E-state index contributed by atoms with van der Waals surface area (Å²) in [5, 5.41) is 9.19. The third kappa shape index (κ3) is 10.0. The Bertz CT molecular complexity index is 656. The minimum Gasteiger partial charge on any atom is -0.490 e. The molecule has 1 saturated carbocycles. The van der Waals surface area contributed by atoms with Gasteiger partial charge in [0.2, 0.25) is 0 Å². The highest BCUT2D eigenvalue weighted by molar-refractivity contribution is 14.0. The van der Waals surface area contributed by atoms with Crippen LogP contribution < -0.4 is 20.7 Å². The van der Waals surface area contributed by atoms with E-state index in [4.69, 9.17) is 9.47 Å². The van der Waals surface area contributed by atoms with Crippen molar-refractivity contribution in [3.05, 3.63) is 29.8 Å². The van der Waals surface area contributed by atoms with Gasteiger partial charge in [0.1, 0.15) is 11.4 Å². The summed E-state index contributed by atoms with van der Waals surface area (Å²) in [7, 11) is 1.72. The van der Waals surface area contributed by atoms with Gasteiger partial charge in [0.25, 0.3) is 0 Å². The molecule has 0 bridgehead atoms. The number of carbonyl (C=O) groups is 1. The average Bonchev–Trinajstić information content (AvgIpc) is 3.14. The quantitative estimate of drug-likeness (QED) is 0.221. The number of benzene rings is 1. The minimum absolute atomic E-state index is 0. The molecule has 2 rings (SSSR count). The zero-order chi connectivity index (χ0) is 20.4. The molecule has 7 nitrogen and oxygen atoms in total. The number of carbonyl (C=O) groups excluding carboxylic acids is 1. The highest BCUT2D eigenvalue weighted by Crippen LogP contribution is 2.26. The van der Waals surface area contributed by atoms with Gasteiger partial charge in [-0.3, -0.25) is 4.99 Å². The van der Waals surface area contributed by atoms with E-state index in [1.165, 1.54) is 12.8 Å². The monoisotopic (exact) mass is 518 g/mol. The number of rotatable bonds is 7. The molecule has 0 saturated heterocycles. The Kier molecular flexibility index (Phi) is 11.2. The van der Waals surface area contributed by atoms with E-state index in [1.807, 2.05) is 39.0 Å². The number of alkyl carbamates (subject to hydrolysis) is 1. The topological polar surface area (TPSA) is 84.0 Å². The van der Waals surface area contributed by atoms with Crippen LogP contribution in [0.1, 0.15) is 52.0 Å². The third-order valence-electron chi connectivity index (χ3n) is 4.32. The van der Waals surface area contributed by atoms with Gasteiger partial charge in [0.15, 0.2) is 5.96 Å². The van der Waals surface area contributed by atoms with Crippen LogP contribution in [-0.2, 0) is 11.3 Å². The number of nitrogens with zero attached hydrogens (tertiary/aromatic N) is 1. The molecular weight excluding hydrogens is 483 g/mol. The maximum Gasteiger partial charge on any atom is 0.407 e. The summed E-state index contributed by atoms with van der Waals surface area (Å²) < 4.78 is 11.4. The van der Waals surface area contributed by atoms with Crippen molar-refractivity contribution in [3.63, 3.8) is 0 Å². The number of hydrogen-bond donors (Lipinski definition) is 3. The highest BCUT2D eigenvalue weighted by Gasteiger charge is 2.18. The van der Waals surface area contributed by atoms with Crippen LogP contribution in [0, 0.1) is 0 Å². The molecule has 0 aliphatic heterocycles. The van der Waals surface area contributed by atoms with Crippen LogP contribution in [0.5, 0.6) is 5.75 Å². The van der Waals surface area contributed by atoms with Crippen molar-refractivity contribution >= 4 is 36.0 Å². The zero-order valence-electron chi connectivity index (χ0n) is 17.9. The van der Waals surface area contributed by atoms with Crippen molar-refractivity contribution < 1.29 is 14.3 Å². The lowest BCUT2D eigenvalue weighted by Gasteiger charge is -2.20. The fraction of sp³-hybridized carbons (Fsp3) is 0.619. The van der Waals surface area contributed by atoms with Crippen LogP contribution >= 0.6 is 24.0 Å². The number of ether oxygens (including phenoxy) is 2. The third-order valence-corrected chi connectivity index (χ3v) is 4.32. The number of guanidine groups is 1. The van der Waals surface area contributed by atoms with Gasteiger partial charge in [-0.1, -0.05) is 18.2 Å². The van der Waals surface area contributed by atoms with Gasteiger partial charge in [-0.05, 0) is 52.5 Å². The van der Waals surface area contributed by atoms with Gasteiger partial charge in [-0.15, -0.1) is 24.0 Å². The number of para-hydroxylation sites is 1. The fourth-order valence-corrected chi connectivity index (χ4v) is 3.01. The first kappa shape index (κ1) is 25.3. The maximum atomic E-state index is 11.6. The summed E-state index contributed by atoms with van der Waals surface area (Å²) >= 11 is 0. The molecule has 3 N–H and O–H groups in total. The largest absolute Gasteiger partial charge is 0.490 e. The van der Waals surface area contributed by atoms with Crippen molar-refractivity contribution in [2.75, 3.05) is 20.1 Å². The van der Waals surface area contributed by atoms with Crippen LogP contribution in [0.25, 0.3) is 0 Å². The summed E-state index contributed by atoms with van der Waals surface area (Å²) in [6.07, 6.45) is 4.68. The van der Waals surface area contributed by atoms with E-state index < -0.39 is 11.7 Å². The first-order chi connectivity index (χ1) is 13.4. The van der Waals surface area contributed by atoms with E-state index in [-0.39, 0.29) is 24.0 Å². The summed E-state index contributed by atoms with van der Waals surface area (Å²) in [4.78, 5) is 15.9. The first-order valence-corrected chi connectivity index (χ1v) is 10.0. The van der Waals surface area contributed by atoms with E-state index in [2.05, 4.69) is 27.0 Å².